The summed E-state index contributed by atoms with van der Waals surface area (Å²) in [6, 6.07) is 9.78. The highest BCUT2D eigenvalue weighted by atomic mass is 35.5. The fourth-order valence-electron chi connectivity index (χ4n) is 2.56. The van der Waals surface area contributed by atoms with Crippen molar-refractivity contribution in [2.45, 2.75) is 25.4 Å². The summed E-state index contributed by atoms with van der Waals surface area (Å²) in [7, 11) is 0. The zero-order valence-electron chi connectivity index (χ0n) is 12.0. The second-order valence-electron chi connectivity index (χ2n) is 5.22. The van der Waals surface area contributed by atoms with Crippen LogP contribution in [0.5, 0.6) is 5.88 Å². The van der Waals surface area contributed by atoms with E-state index in [-0.39, 0.29) is 0 Å². The number of piperidine rings is 1. The maximum Gasteiger partial charge on any atom is 0.213 e. The van der Waals surface area contributed by atoms with E-state index in [1.165, 1.54) is 11.3 Å². The molecule has 22 heavy (non-hydrogen) atoms. The van der Waals surface area contributed by atoms with Crippen LogP contribution >= 0.6 is 22.9 Å². The molecule has 0 spiro atoms. The van der Waals surface area contributed by atoms with Crippen molar-refractivity contribution in [3.8, 4) is 11.9 Å². The van der Waals surface area contributed by atoms with Gasteiger partial charge in [0.2, 0.25) is 5.88 Å². The van der Waals surface area contributed by atoms with Crippen LogP contribution in [0, 0.1) is 11.3 Å². The van der Waals surface area contributed by atoms with Crippen molar-refractivity contribution in [3.63, 3.8) is 0 Å². The third kappa shape index (κ3) is 3.58. The molecule has 0 atom stereocenters. The van der Waals surface area contributed by atoms with Crippen molar-refractivity contribution in [2.75, 3.05) is 13.1 Å². The average Bonchev–Trinajstić information content (AvgIpc) is 2.94. The zero-order valence-corrected chi connectivity index (χ0v) is 13.6. The van der Waals surface area contributed by atoms with Gasteiger partial charge in [0.05, 0.1) is 5.02 Å². The van der Waals surface area contributed by atoms with E-state index in [0.717, 1.165) is 36.5 Å². The molecule has 2 aromatic rings. The molecule has 0 bridgehead atoms. The first-order chi connectivity index (χ1) is 10.8. The summed E-state index contributed by atoms with van der Waals surface area (Å²) in [5, 5.41) is 12.8. The van der Waals surface area contributed by atoms with Gasteiger partial charge in [0.1, 0.15) is 17.6 Å². The summed E-state index contributed by atoms with van der Waals surface area (Å²) in [6.45, 7) is 2.47. The van der Waals surface area contributed by atoms with Crippen LogP contribution in [-0.4, -0.2) is 18.1 Å². The first kappa shape index (κ1) is 15.3. The van der Waals surface area contributed by atoms with Crippen molar-refractivity contribution in [3.05, 3.63) is 44.7 Å². The lowest BCUT2D eigenvalue weighted by Crippen LogP contribution is -2.27. The van der Waals surface area contributed by atoms with Gasteiger partial charge in [-0.1, -0.05) is 17.7 Å². The number of pyridine rings is 1. The molecular formula is C16H16ClN3OS. The van der Waals surface area contributed by atoms with Gasteiger partial charge in [0.15, 0.2) is 0 Å². The Balaban J connectivity index is 1.66. The standard InChI is InChI=1S/C16H16ClN3OS/c17-13-8-12(22-15(13)9-18)10-21-16-3-1-2-14(20-16)11-4-6-19-7-5-11/h1-3,8,11,19H,4-7,10H2. The Kier molecular flexibility index (Phi) is 4.94. The fraction of sp³-hybridized carbons (Fsp3) is 0.375. The third-order valence-electron chi connectivity index (χ3n) is 3.70. The topological polar surface area (TPSA) is 57.9 Å². The van der Waals surface area contributed by atoms with Crippen molar-refractivity contribution in [2.24, 2.45) is 0 Å². The van der Waals surface area contributed by atoms with E-state index in [9.17, 15) is 0 Å². The summed E-state index contributed by atoms with van der Waals surface area (Å²) in [6.07, 6.45) is 2.23. The Hall–Kier alpha value is -1.61. The number of nitrogens with zero attached hydrogens (tertiary/aromatic N) is 2. The molecule has 0 radical (unpaired) electrons. The first-order valence-corrected chi connectivity index (χ1v) is 8.44. The predicted molar refractivity (Wildman–Crippen MR) is 87.5 cm³/mol. The molecule has 0 aliphatic carbocycles. The summed E-state index contributed by atoms with van der Waals surface area (Å²) in [4.78, 5) is 6.07. The Morgan fingerprint density at radius 2 is 2.23 bits per heavy atom. The molecular weight excluding hydrogens is 318 g/mol. The van der Waals surface area contributed by atoms with E-state index in [1.54, 1.807) is 6.07 Å². The molecule has 1 fully saturated rings. The normalized spacial score (nSPS) is 15.5. The van der Waals surface area contributed by atoms with Gasteiger partial charge < -0.3 is 10.1 Å². The van der Waals surface area contributed by atoms with Crippen LogP contribution in [0.25, 0.3) is 0 Å². The van der Waals surface area contributed by atoms with Gasteiger partial charge in [-0.15, -0.1) is 11.3 Å². The van der Waals surface area contributed by atoms with Crippen LogP contribution in [0.2, 0.25) is 5.02 Å². The van der Waals surface area contributed by atoms with E-state index in [2.05, 4.69) is 22.4 Å². The molecule has 114 valence electrons. The number of hydrogen-bond donors (Lipinski definition) is 1. The van der Waals surface area contributed by atoms with Crippen molar-refractivity contribution in [1.29, 1.82) is 5.26 Å². The average molecular weight is 334 g/mol. The third-order valence-corrected chi connectivity index (χ3v) is 5.13. The van der Waals surface area contributed by atoms with Gasteiger partial charge in [-0.3, -0.25) is 0 Å². The Bertz CT molecular complexity index is 689. The Labute approximate surface area is 138 Å². The number of ether oxygens (including phenoxy) is 1. The van der Waals surface area contributed by atoms with Gasteiger partial charge in [0, 0.05) is 22.6 Å². The van der Waals surface area contributed by atoms with E-state index in [0.29, 0.717) is 28.3 Å². The summed E-state index contributed by atoms with van der Waals surface area (Å²) in [5.41, 5.74) is 1.10. The van der Waals surface area contributed by atoms with Gasteiger partial charge in [-0.2, -0.15) is 5.26 Å². The smallest absolute Gasteiger partial charge is 0.213 e. The maximum absolute atomic E-state index is 8.92. The van der Waals surface area contributed by atoms with Crippen LogP contribution in [0.1, 0.15) is 34.2 Å². The minimum Gasteiger partial charge on any atom is -0.472 e. The highest BCUT2D eigenvalue weighted by Crippen LogP contribution is 2.28. The van der Waals surface area contributed by atoms with Crippen LogP contribution in [0.15, 0.2) is 24.3 Å². The highest BCUT2D eigenvalue weighted by Gasteiger charge is 2.17. The molecule has 0 aromatic carbocycles. The van der Waals surface area contributed by atoms with Crippen LogP contribution in [0.4, 0.5) is 0 Å². The molecule has 4 nitrogen and oxygen atoms in total. The first-order valence-electron chi connectivity index (χ1n) is 7.25. The number of nitriles is 1. The van der Waals surface area contributed by atoms with Gasteiger partial charge in [-0.25, -0.2) is 4.98 Å². The van der Waals surface area contributed by atoms with Gasteiger partial charge >= 0.3 is 0 Å². The summed E-state index contributed by atoms with van der Waals surface area (Å²) in [5.74, 6) is 1.13. The predicted octanol–water partition coefficient (Wildman–Crippen LogP) is 3.71. The minimum absolute atomic E-state index is 0.384. The molecule has 0 unspecified atom stereocenters. The number of halogens is 1. The molecule has 1 aliphatic rings. The summed E-state index contributed by atoms with van der Waals surface area (Å²) >= 11 is 7.32. The molecule has 6 heteroatoms. The SMILES string of the molecule is N#Cc1sc(COc2cccc(C3CCNCC3)n2)cc1Cl. The lowest BCUT2D eigenvalue weighted by atomic mass is 9.94. The number of aromatic nitrogens is 1. The van der Waals surface area contributed by atoms with Crippen molar-refractivity contribution >= 4 is 22.9 Å². The van der Waals surface area contributed by atoms with E-state index < -0.39 is 0 Å². The molecule has 3 heterocycles. The quantitative estimate of drug-likeness (QED) is 0.926. The Morgan fingerprint density at radius 1 is 1.41 bits per heavy atom. The van der Waals surface area contributed by atoms with Gasteiger partial charge in [0.25, 0.3) is 0 Å². The van der Waals surface area contributed by atoms with Crippen LogP contribution < -0.4 is 10.1 Å². The molecule has 2 aromatic heterocycles. The molecule has 0 amide bonds. The lowest BCUT2D eigenvalue weighted by molar-refractivity contribution is 0.295. The van der Waals surface area contributed by atoms with Crippen molar-refractivity contribution < 1.29 is 4.74 Å². The largest absolute Gasteiger partial charge is 0.472 e. The molecule has 3 rings (SSSR count). The zero-order chi connectivity index (χ0) is 15.4. The van der Waals surface area contributed by atoms with E-state index in [1.807, 2.05) is 12.1 Å². The van der Waals surface area contributed by atoms with E-state index >= 15 is 0 Å². The monoisotopic (exact) mass is 333 g/mol. The number of nitrogens with one attached hydrogen (secondary N) is 1. The molecule has 0 saturated carbocycles. The number of rotatable bonds is 4. The van der Waals surface area contributed by atoms with E-state index in [4.69, 9.17) is 21.6 Å². The molecule has 1 aliphatic heterocycles. The van der Waals surface area contributed by atoms with Crippen molar-refractivity contribution in [1.82, 2.24) is 10.3 Å². The summed E-state index contributed by atoms with van der Waals surface area (Å²) < 4.78 is 5.75. The van der Waals surface area contributed by atoms with Gasteiger partial charge in [-0.05, 0) is 38.1 Å². The lowest BCUT2D eigenvalue weighted by Gasteiger charge is -2.22. The fourth-order valence-corrected chi connectivity index (χ4v) is 3.68. The number of hydrogen-bond acceptors (Lipinski definition) is 5. The second-order valence-corrected chi connectivity index (χ2v) is 6.76. The van der Waals surface area contributed by atoms with Crippen LogP contribution in [0.3, 0.4) is 0 Å². The Morgan fingerprint density at radius 3 is 2.95 bits per heavy atom. The molecule has 1 N–H and O–H groups in total. The number of thiophene rings is 1. The highest BCUT2D eigenvalue weighted by molar-refractivity contribution is 7.13. The minimum atomic E-state index is 0.384. The second kappa shape index (κ2) is 7.10. The maximum atomic E-state index is 8.92. The van der Waals surface area contributed by atoms with Crippen LogP contribution in [-0.2, 0) is 6.61 Å². The molecule has 1 saturated heterocycles.